The largest absolute Gasteiger partial charge is 0.426 e. The Balaban J connectivity index is 5.50. The zero-order chi connectivity index (χ0) is 15.2. The fraction of sp³-hybridized carbons (Fsp3) is 1.00. The first kappa shape index (κ1) is 17.5. The van der Waals surface area contributed by atoms with Gasteiger partial charge in [0.2, 0.25) is 0 Å². The molecule has 0 saturated heterocycles. The second-order valence-corrected chi connectivity index (χ2v) is 6.13. The summed E-state index contributed by atoms with van der Waals surface area (Å²) in [5.41, 5.74) is -4.01. The Kier molecular flexibility index (Phi) is 4.17. The lowest BCUT2D eigenvalue weighted by Gasteiger charge is -2.41. The summed E-state index contributed by atoms with van der Waals surface area (Å²) >= 11 is 0. The monoisotopic (exact) mass is 280 g/mol. The molecule has 0 N–H and O–H groups in total. The van der Waals surface area contributed by atoms with E-state index >= 15 is 0 Å². The van der Waals surface area contributed by atoms with Gasteiger partial charge in [0.05, 0.1) is 5.60 Å². The normalized spacial score (nSPS) is 16.0. The standard InChI is InChI=1S/C11H18F6O/c1-7(2,3)9(12,13)10(14,15)11(16,17)18-8(4,5)6/h1-6H3. The van der Waals surface area contributed by atoms with E-state index < -0.39 is 29.0 Å². The zero-order valence-electron chi connectivity index (χ0n) is 11.2. The van der Waals surface area contributed by atoms with E-state index in [1.165, 1.54) is 0 Å². The molecule has 0 bridgehead atoms. The van der Waals surface area contributed by atoms with Crippen molar-refractivity contribution in [1.29, 1.82) is 0 Å². The van der Waals surface area contributed by atoms with Crippen LogP contribution >= 0.6 is 0 Å². The minimum absolute atomic E-state index is 0.758. The van der Waals surface area contributed by atoms with Crippen LogP contribution in [0.5, 0.6) is 0 Å². The molecule has 0 aromatic carbocycles. The van der Waals surface area contributed by atoms with E-state index in [1.807, 2.05) is 0 Å². The maximum atomic E-state index is 13.5. The van der Waals surface area contributed by atoms with Gasteiger partial charge in [0.25, 0.3) is 0 Å². The van der Waals surface area contributed by atoms with E-state index in [0.29, 0.717) is 0 Å². The SMILES string of the molecule is CC(C)(C)OC(F)(F)C(F)(F)C(F)(F)C(C)(C)C. The van der Waals surface area contributed by atoms with Gasteiger partial charge in [-0.1, -0.05) is 20.8 Å². The van der Waals surface area contributed by atoms with E-state index in [-0.39, 0.29) is 0 Å². The molecular weight excluding hydrogens is 262 g/mol. The van der Waals surface area contributed by atoms with Crippen LogP contribution in [-0.2, 0) is 4.74 Å². The van der Waals surface area contributed by atoms with Gasteiger partial charge in [-0.2, -0.15) is 26.3 Å². The third kappa shape index (κ3) is 3.10. The Morgan fingerprint density at radius 3 is 1.17 bits per heavy atom. The molecule has 0 atom stereocenters. The molecule has 0 aliphatic heterocycles. The van der Waals surface area contributed by atoms with Crippen molar-refractivity contribution in [2.75, 3.05) is 0 Å². The quantitative estimate of drug-likeness (QED) is 0.680. The topological polar surface area (TPSA) is 9.23 Å². The highest BCUT2D eigenvalue weighted by Gasteiger charge is 2.76. The van der Waals surface area contributed by atoms with Crippen LogP contribution in [0.4, 0.5) is 26.3 Å². The Labute approximate surface area is 102 Å². The second-order valence-electron chi connectivity index (χ2n) is 6.13. The van der Waals surface area contributed by atoms with Crippen LogP contribution in [-0.4, -0.2) is 23.6 Å². The van der Waals surface area contributed by atoms with Gasteiger partial charge in [-0.3, -0.25) is 0 Å². The van der Waals surface area contributed by atoms with Crippen LogP contribution in [0, 0.1) is 5.41 Å². The molecule has 0 heterocycles. The van der Waals surface area contributed by atoms with Gasteiger partial charge in [0.1, 0.15) is 0 Å². The molecule has 110 valence electrons. The first-order chi connectivity index (χ1) is 7.46. The maximum absolute atomic E-state index is 13.5. The number of ether oxygens (including phenoxy) is 1. The van der Waals surface area contributed by atoms with Crippen LogP contribution in [0.1, 0.15) is 41.5 Å². The predicted octanol–water partition coefficient (Wildman–Crippen LogP) is 4.71. The summed E-state index contributed by atoms with van der Waals surface area (Å²) in [6, 6.07) is 0. The Morgan fingerprint density at radius 2 is 0.944 bits per heavy atom. The number of hydrogen-bond donors (Lipinski definition) is 0. The molecule has 0 radical (unpaired) electrons. The Bertz CT molecular complexity index is 298. The summed E-state index contributed by atoms with van der Waals surface area (Å²) < 4.78 is 84.1. The summed E-state index contributed by atoms with van der Waals surface area (Å²) in [6.45, 7) is 5.50. The molecule has 0 aliphatic carbocycles. The highest BCUT2D eigenvalue weighted by Crippen LogP contribution is 2.54. The average Bonchev–Trinajstić information content (AvgIpc) is 1.95. The molecule has 0 rings (SSSR count). The summed E-state index contributed by atoms with van der Waals surface area (Å²) in [5, 5.41) is 0. The fourth-order valence-electron chi connectivity index (χ4n) is 1.10. The van der Waals surface area contributed by atoms with E-state index in [0.717, 1.165) is 41.5 Å². The fourth-order valence-corrected chi connectivity index (χ4v) is 1.10. The smallest absolute Gasteiger partial charge is 0.310 e. The van der Waals surface area contributed by atoms with Crippen molar-refractivity contribution in [1.82, 2.24) is 0 Å². The molecule has 1 nitrogen and oxygen atoms in total. The molecule has 0 fully saturated rings. The van der Waals surface area contributed by atoms with E-state index in [2.05, 4.69) is 4.74 Å². The molecule has 0 amide bonds. The van der Waals surface area contributed by atoms with Gasteiger partial charge in [0.15, 0.2) is 0 Å². The van der Waals surface area contributed by atoms with Gasteiger partial charge in [0, 0.05) is 5.41 Å². The number of hydrogen-bond acceptors (Lipinski definition) is 1. The van der Waals surface area contributed by atoms with Gasteiger partial charge >= 0.3 is 18.0 Å². The molecule has 0 saturated carbocycles. The summed E-state index contributed by atoms with van der Waals surface area (Å²) in [7, 11) is 0. The van der Waals surface area contributed by atoms with E-state index in [9.17, 15) is 26.3 Å². The van der Waals surface area contributed by atoms with Crippen LogP contribution < -0.4 is 0 Å². The lowest BCUT2D eigenvalue weighted by atomic mass is 9.83. The van der Waals surface area contributed by atoms with Crippen LogP contribution in [0.25, 0.3) is 0 Å². The Morgan fingerprint density at radius 1 is 0.611 bits per heavy atom. The van der Waals surface area contributed by atoms with Gasteiger partial charge in [-0.25, -0.2) is 0 Å². The van der Waals surface area contributed by atoms with Crippen LogP contribution in [0.3, 0.4) is 0 Å². The molecule has 18 heavy (non-hydrogen) atoms. The van der Waals surface area contributed by atoms with Crippen LogP contribution in [0.2, 0.25) is 0 Å². The number of alkyl halides is 6. The highest BCUT2D eigenvalue weighted by atomic mass is 19.3. The first-order valence-electron chi connectivity index (χ1n) is 5.29. The predicted molar refractivity (Wildman–Crippen MR) is 55.1 cm³/mol. The van der Waals surface area contributed by atoms with Gasteiger partial charge in [-0.05, 0) is 20.8 Å². The zero-order valence-corrected chi connectivity index (χ0v) is 11.2. The molecule has 7 heteroatoms. The first-order valence-corrected chi connectivity index (χ1v) is 5.29. The minimum Gasteiger partial charge on any atom is -0.310 e. The van der Waals surface area contributed by atoms with E-state index in [4.69, 9.17) is 0 Å². The molecule has 0 aliphatic rings. The lowest BCUT2D eigenvalue weighted by molar-refractivity contribution is -0.429. The van der Waals surface area contributed by atoms with Gasteiger partial charge in [-0.15, -0.1) is 0 Å². The van der Waals surface area contributed by atoms with Crippen molar-refractivity contribution >= 4 is 0 Å². The van der Waals surface area contributed by atoms with Crippen molar-refractivity contribution in [2.24, 2.45) is 5.41 Å². The molecular formula is C11H18F6O. The van der Waals surface area contributed by atoms with Crippen molar-refractivity contribution in [2.45, 2.75) is 65.1 Å². The lowest BCUT2D eigenvalue weighted by Crippen LogP contribution is -2.61. The van der Waals surface area contributed by atoms with Crippen molar-refractivity contribution in [3.05, 3.63) is 0 Å². The second kappa shape index (κ2) is 4.28. The minimum atomic E-state index is -5.61. The highest BCUT2D eigenvalue weighted by molar-refractivity contribution is 4.99. The summed E-state index contributed by atoms with van der Waals surface area (Å²) in [6.07, 6.45) is -5.26. The van der Waals surface area contributed by atoms with Crippen LogP contribution in [0.15, 0.2) is 0 Å². The number of rotatable bonds is 3. The summed E-state index contributed by atoms with van der Waals surface area (Å²) in [4.78, 5) is 0. The van der Waals surface area contributed by atoms with Crippen molar-refractivity contribution < 1.29 is 31.1 Å². The number of halogens is 6. The van der Waals surface area contributed by atoms with E-state index in [1.54, 1.807) is 0 Å². The Hall–Kier alpha value is -0.460. The molecule has 0 aromatic heterocycles. The molecule has 0 aromatic rings. The third-order valence-corrected chi connectivity index (χ3v) is 2.14. The molecule has 0 spiro atoms. The van der Waals surface area contributed by atoms with Crippen molar-refractivity contribution in [3.63, 3.8) is 0 Å². The maximum Gasteiger partial charge on any atom is 0.426 e. The average molecular weight is 280 g/mol. The van der Waals surface area contributed by atoms with Gasteiger partial charge < -0.3 is 4.74 Å². The van der Waals surface area contributed by atoms with Crippen molar-refractivity contribution in [3.8, 4) is 0 Å². The molecule has 0 unspecified atom stereocenters. The summed E-state index contributed by atoms with van der Waals surface area (Å²) in [5.74, 6) is -10.5. The third-order valence-electron chi connectivity index (χ3n) is 2.14.